The van der Waals surface area contributed by atoms with Crippen molar-refractivity contribution in [2.45, 2.75) is 0 Å². The van der Waals surface area contributed by atoms with Gasteiger partial charge in [-0.3, -0.25) is 20.2 Å². The summed E-state index contributed by atoms with van der Waals surface area (Å²) in [5.74, 6) is -2.35. The molecule has 9 heteroatoms. The van der Waals surface area contributed by atoms with E-state index in [9.17, 15) is 24.8 Å². The van der Waals surface area contributed by atoms with Gasteiger partial charge in [-0.15, -0.1) is 0 Å². The van der Waals surface area contributed by atoms with Gasteiger partial charge in [-0.25, -0.2) is 9.78 Å². The van der Waals surface area contributed by atoms with Crippen molar-refractivity contribution in [3.05, 3.63) is 100 Å². The second-order valence-electron chi connectivity index (χ2n) is 6.64. The summed E-state index contributed by atoms with van der Waals surface area (Å²) in [5.41, 5.74) is 0.784. The number of carboxylic acid groups (broad SMARTS) is 1. The third-order valence-corrected chi connectivity index (χ3v) is 5.65. The predicted molar refractivity (Wildman–Crippen MR) is 121 cm³/mol. The largest absolute Gasteiger partial charge is 0.477 e. The van der Waals surface area contributed by atoms with E-state index in [-0.39, 0.29) is 10.7 Å². The minimum atomic E-state index is -1.56. The molecule has 0 aliphatic carbocycles. The summed E-state index contributed by atoms with van der Waals surface area (Å²) < 4.78 is 0. The van der Waals surface area contributed by atoms with Gasteiger partial charge in [0.1, 0.15) is 5.56 Å². The third kappa shape index (κ3) is 4.09. The second kappa shape index (κ2) is 8.78. The summed E-state index contributed by atoms with van der Waals surface area (Å²) in [6, 6.07) is 22.5. The van der Waals surface area contributed by atoms with Crippen LogP contribution in [0.5, 0.6) is 0 Å². The number of carbonyl (C=O) groups excluding carboxylic acids is 1. The first kappa shape index (κ1) is 20.9. The van der Waals surface area contributed by atoms with Crippen LogP contribution in [0.4, 0.5) is 10.8 Å². The van der Waals surface area contributed by atoms with E-state index in [4.69, 9.17) is 0 Å². The van der Waals surface area contributed by atoms with E-state index in [1.54, 1.807) is 0 Å². The van der Waals surface area contributed by atoms with Gasteiger partial charge in [0.05, 0.1) is 21.1 Å². The fourth-order valence-electron chi connectivity index (χ4n) is 3.22. The maximum Gasteiger partial charge on any atom is 0.343 e. The van der Waals surface area contributed by atoms with E-state index >= 15 is 0 Å². The summed E-state index contributed by atoms with van der Waals surface area (Å²) in [5, 5.41) is 23.5. The Kier molecular flexibility index (Phi) is 5.73. The van der Waals surface area contributed by atoms with E-state index in [0.29, 0.717) is 5.69 Å². The number of nitro groups is 1. The first-order valence-electron chi connectivity index (χ1n) is 9.39. The third-order valence-electron chi connectivity index (χ3n) is 4.63. The zero-order chi connectivity index (χ0) is 22.7. The zero-order valence-electron chi connectivity index (χ0n) is 16.4. The van der Waals surface area contributed by atoms with Gasteiger partial charge in [0, 0.05) is 11.6 Å². The van der Waals surface area contributed by atoms with Gasteiger partial charge in [-0.2, -0.15) is 0 Å². The molecule has 0 saturated carbocycles. The molecule has 4 aromatic rings. The molecule has 3 aromatic carbocycles. The average molecular weight is 445 g/mol. The van der Waals surface area contributed by atoms with Crippen LogP contribution < -0.4 is 5.32 Å². The van der Waals surface area contributed by atoms with Crippen LogP contribution in [0.3, 0.4) is 0 Å². The quantitative estimate of drug-likeness (QED) is 0.305. The number of anilines is 1. The lowest BCUT2D eigenvalue weighted by Crippen LogP contribution is -2.17. The summed E-state index contributed by atoms with van der Waals surface area (Å²) in [7, 11) is 0. The first-order chi connectivity index (χ1) is 15.5. The van der Waals surface area contributed by atoms with Crippen molar-refractivity contribution in [1.82, 2.24) is 4.98 Å². The molecule has 2 N–H and O–H groups in total. The number of aromatic nitrogens is 1. The van der Waals surface area contributed by atoms with Crippen LogP contribution in [-0.2, 0) is 0 Å². The number of rotatable bonds is 6. The van der Waals surface area contributed by atoms with Crippen molar-refractivity contribution < 1.29 is 19.6 Å². The van der Waals surface area contributed by atoms with Gasteiger partial charge in [0.25, 0.3) is 11.6 Å². The van der Waals surface area contributed by atoms with Crippen molar-refractivity contribution in [2.75, 3.05) is 5.32 Å². The van der Waals surface area contributed by atoms with E-state index in [2.05, 4.69) is 10.3 Å². The van der Waals surface area contributed by atoms with Crippen molar-refractivity contribution in [1.29, 1.82) is 0 Å². The Labute approximate surface area is 186 Å². The van der Waals surface area contributed by atoms with E-state index in [1.165, 1.54) is 23.5 Å². The fourth-order valence-corrected chi connectivity index (χ4v) is 4.21. The number of nitrogens with one attached hydrogen (secondary N) is 1. The molecule has 4 rings (SSSR count). The monoisotopic (exact) mass is 445 g/mol. The first-order valence-corrected chi connectivity index (χ1v) is 10.2. The lowest BCUT2D eigenvalue weighted by Gasteiger charge is -2.06. The number of amides is 1. The van der Waals surface area contributed by atoms with Gasteiger partial charge >= 0.3 is 5.97 Å². The Morgan fingerprint density at radius 3 is 2.12 bits per heavy atom. The minimum absolute atomic E-state index is 0.246. The zero-order valence-corrected chi connectivity index (χ0v) is 17.2. The summed E-state index contributed by atoms with van der Waals surface area (Å²) in [6.07, 6.45) is 0. The maximum atomic E-state index is 12.9. The van der Waals surface area contributed by atoms with Crippen molar-refractivity contribution in [3.8, 4) is 21.7 Å². The molecule has 0 spiro atoms. The molecule has 32 heavy (non-hydrogen) atoms. The van der Waals surface area contributed by atoms with Crippen LogP contribution in [0.15, 0.2) is 78.9 Å². The Bertz CT molecular complexity index is 1260. The highest BCUT2D eigenvalue weighted by Gasteiger charge is 2.27. The van der Waals surface area contributed by atoms with Gasteiger partial charge in [-0.1, -0.05) is 78.1 Å². The molecule has 0 unspecified atom stereocenters. The van der Waals surface area contributed by atoms with Crippen molar-refractivity contribution in [2.24, 2.45) is 0 Å². The molecule has 0 aliphatic rings. The number of hydrogen-bond donors (Lipinski definition) is 2. The van der Waals surface area contributed by atoms with Crippen LogP contribution in [-0.4, -0.2) is 26.9 Å². The van der Waals surface area contributed by atoms with Crippen LogP contribution in [0.2, 0.25) is 0 Å². The number of nitrogens with zero attached hydrogens (tertiary/aromatic N) is 2. The number of carboxylic acids is 1. The lowest BCUT2D eigenvalue weighted by atomic mass is 10.0. The van der Waals surface area contributed by atoms with Crippen LogP contribution in [0.1, 0.15) is 20.7 Å². The number of aromatic carboxylic acids is 1. The average Bonchev–Trinajstić information content (AvgIpc) is 3.23. The van der Waals surface area contributed by atoms with Gasteiger partial charge in [-0.05, 0) is 11.6 Å². The number of thiazole rings is 1. The Morgan fingerprint density at radius 1 is 0.906 bits per heavy atom. The summed E-state index contributed by atoms with van der Waals surface area (Å²) in [4.78, 5) is 40.3. The molecule has 0 radical (unpaired) electrons. The topological polar surface area (TPSA) is 122 Å². The van der Waals surface area contributed by atoms with E-state index in [1.807, 2.05) is 60.7 Å². The Hall–Kier alpha value is -4.37. The minimum Gasteiger partial charge on any atom is -0.477 e. The number of benzene rings is 3. The molecule has 1 amide bonds. The van der Waals surface area contributed by atoms with Crippen LogP contribution in [0, 0.1) is 10.1 Å². The molecule has 0 bridgehead atoms. The van der Waals surface area contributed by atoms with E-state index in [0.717, 1.165) is 22.1 Å². The van der Waals surface area contributed by atoms with Gasteiger partial charge in [0.2, 0.25) is 0 Å². The number of hydrogen-bond acceptors (Lipinski definition) is 6. The van der Waals surface area contributed by atoms with Crippen LogP contribution in [0.25, 0.3) is 21.7 Å². The van der Waals surface area contributed by atoms with Crippen LogP contribution >= 0.6 is 11.3 Å². The Balaban J connectivity index is 1.76. The smallest absolute Gasteiger partial charge is 0.343 e. The van der Waals surface area contributed by atoms with E-state index < -0.39 is 28.1 Å². The molecule has 158 valence electrons. The molecule has 8 nitrogen and oxygen atoms in total. The predicted octanol–water partition coefficient (Wildman–Crippen LogP) is 5.34. The molecule has 0 fully saturated rings. The molecular formula is C23H15N3O5S. The number of carbonyl (C=O) groups is 2. The highest BCUT2D eigenvalue weighted by molar-refractivity contribution is 7.19. The standard InChI is InChI=1S/C23H15N3O5S/c27-21(16-12-7-13-17(26(30)31)18(16)22(28)29)25-23-24-19(14-8-3-1-4-9-14)20(32-23)15-10-5-2-6-11-15/h1-13H,(H,28,29)(H,24,25,27). The molecule has 0 saturated heterocycles. The van der Waals surface area contributed by atoms with Gasteiger partial charge < -0.3 is 5.11 Å². The summed E-state index contributed by atoms with van der Waals surface area (Å²) >= 11 is 1.23. The molecular weight excluding hydrogens is 430 g/mol. The molecule has 1 heterocycles. The molecule has 0 atom stereocenters. The van der Waals surface area contributed by atoms with Gasteiger partial charge in [0.15, 0.2) is 5.13 Å². The van der Waals surface area contributed by atoms with Crippen molar-refractivity contribution >= 4 is 34.0 Å². The Morgan fingerprint density at radius 2 is 1.53 bits per heavy atom. The molecule has 1 aromatic heterocycles. The van der Waals surface area contributed by atoms with Crippen molar-refractivity contribution in [3.63, 3.8) is 0 Å². The fraction of sp³-hybridized carbons (Fsp3) is 0. The highest BCUT2D eigenvalue weighted by Crippen LogP contribution is 2.39. The second-order valence-corrected chi connectivity index (χ2v) is 7.64. The SMILES string of the molecule is O=C(Nc1nc(-c2ccccc2)c(-c2ccccc2)s1)c1cccc([N+](=O)[O-])c1C(=O)O. The molecule has 0 aliphatic heterocycles. The highest BCUT2D eigenvalue weighted by atomic mass is 32.1. The normalized spacial score (nSPS) is 10.5. The summed E-state index contributed by atoms with van der Waals surface area (Å²) in [6.45, 7) is 0. The maximum absolute atomic E-state index is 12.9. The number of nitro benzene ring substituents is 1. The lowest BCUT2D eigenvalue weighted by molar-refractivity contribution is -0.385.